The van der Waals surface area contributed by atoms with Gasteiger partial charge in [-0.1, -0.05) is 25.7 Å². The Morgan fingerprint density at radius 2 is 1.75 bits per heavy atom. The van der Waals surface area contributed by atoms with E-state index in [1.807, 2.05) is 0 Å². The summed E-state index contributed by atoms with van der Waals surface area (Å²) in [5.41, 5.74) is 5.01. The summed E-state index contributed by atoms with van der Waals surface area (Å²) in [4.78, 5) is 11.8. The lowest BCUT2D eigenvalue weighted by Gasteiger charge is -2.27. The van der Waals surface area contributed by atoms with E-state index in [9.17, 15) is 4.79 Å². The summed E-state index contributed by atoms with van der Waals surface area (Å²) in [5, 5.41) is 3.05. The zero-order valence-electron chi connectivity index (χ0n) is 10.9. The highest BCUT2D eigenvalue weighted by Gasteiger charge is 2.26. The first-order chi connectivity index (χ1) is 7.41. The standard InChI is InChI=1S/C13H26N2O/c1-10(15-12(16)13(2,3)14)11-8-6-4-5-7-9-11/h10-11H,4-9,14H2,1-3H3,(H,15,16)/t10-/m1/s1. The minimum atomic E-state index is -0.765. The topological polar surface area (TPSA) is 55.1 Å². The molecule has 0 spiro atoms. The predicted octanol–water partition coefficient (Wildman–Crippen LogP) is 2.20. The molecule has 0 aliphatic heterocycles. The van der Waals surface area contributed by atoms with Gasteiger partial charge in [0.15, 0.2) is 0 Å². The van der Waals surface area contributed by atoms with Crippen LogP contribution in [0.5, 0.6) is 0 Å². The second-order valence-electron chi connectivity index (χ2n) is 5.74. The van der Waals surface area contributed by atoms with E-state index in [1.165, 1.54) is 38.5 Å². The summed E-state index contributed by atoms with van der Waals surface area (Å²) >= 11 is 0. The van der Waals surface area contributed by atoms with Crippen LogP contribution in [0.2, 0.25) is 0 Å². The lowest BCUT2D eigenvalue weighted by Crippen LogP contribution is -2.52. The number of rotatable bonds is 3. The molecule has 3 N–H and O–H groups in total. The van der Waals surface area contributed by atoms with Crippen LogP contribution < -0.4 is 11.1 Å². The molecular weight excluding hydrogens is 200 g/mol. The highest BCUT2D eigenvalue weighted by Crippen LogP contribution is 2.25. The van der Waals surface area contributed by atoms with Crippen molar-refractivity contribution in [3.05, 3.63) is 0 Å². The Hall–Kier alpha value is -0.570. The molecule has 0 bridgehead atoms. The van der Waals surface area contributed by atoms with E-state index in [-0.39, 0.29) is 11.9 Å². The SMILES string of the molecule is C[C@@H](NC(=O)C(C)(C)N)C1CCCCCC1. The number of nitrogens with two attached hydrogens (primary N) is 1. The minimum absolute atomic E-state index is 0.0377. The lowest BCUT2D eigenvalue weighted by atomic mass is 9.92. The van der Waals surface area contributed by atoms with Crippen LogP contribution in [0.4, 0.5) is 0 Å². The molecule has 94 valence electrons. The monoisotopic (exact) mass is 226 g/mol. The lowest BCUT2D eigenvalue weighted by molar-refractivity contribution is -0.126. The molecule has 3 nitrogen and oxygen atoms in total. The van der Waals surface area contributed by atoms with Crippen molar-refractivity contribution in [1.29, 1.82) is 0 Å². The molecule has 1 aliphatic carbocycles. The van der Waals surface area contributed by atoms with Gasteiger partial charge in [-0.2, -0.15) is 0 Å². The fraction of sp³-hybridized carbons (Fsp3) is 0.923. The zero-order chi connectivity index (χ0) is 12.2. The van der Waals surface area contributed by atoms with Gasteiger partial charge in [-0.15, -0.1) is 0 Å². The molecule has 0 saturated heterocycles. The van der Waals surface area contributed by atoms with E-state index in [0.29, 0.717) is 5.92 Å². The first kappa shape index (κ1) is 13.5. The molecule has 1 amide bonds. The second kappa shape index (κ2) is 5.67. The Morgan fingerprint density at radius 3 is 2.19 bits per heavy atom. The molecule has 1 fully saturated rings. The van der Waals surface area contributed by atoms with Crippen LogP contribution in [0.3, 0.4) is 0 Å². The van der Waals surface area contributed by atoms with Gasteiger partial charge in [0, 0.05) is 6.04 Å². The third-order valence-electron chi connectivity index (χ3n) is 3.55. The average molecular weight is 226 g/mol. The maximum atomic E-state index is 11.8. The smallest absolute Gasteiger partial charge is 0.239 e. The van der Waals surface area contributed by atoms with Gasteiger partial charge < -0.3 is 11.1 Å². The van der Waals surface area contributed by atoms with Crippen LogP contribution in [-0.4, -0.2) is 17.5 Å². The summed E-state index contributed by atoms with van der Waals surface area (Å²) in [7, 11) is 0. The molecule has 1 atom stereocenters. The van der Waals surface area contributed by atoms with E-state index in [4.69, 9.17) is 5.73 Å². The van der Waals surface area contributed by atoms with Gasteiger partial charge >= 0.3 is 0 Å². The summed E-state index contributed by atoms with van der Waals surface area (Å²) in [6.45, 7) is 5.61. The molecule has 1 aliphatic rings. The molecule has 0 aromatic carbocycles. The normalized spacial score (nSPS) is 21.2. The number of carbonyl (C=O) groups is 1. The highest BCUT2D eigenvalue weighted by atomic mass is 16.2. The van der Waals surface area contributed by atoms with Gasteiger partial charge in [0.05, 0.1) is 5.54 Å². The largest absolute Gasteiger partial charge is 0.352 e. The molecule has 16 heavy (non-hydrogen) atoms. The number of nitrogens with one attached hydrogen (secondary N) is 1. The second-order valence-corrected chi connectivity index (χ2v) is 5.74. The highest BCUT2D eigenvalue weighted by molar-refractivity contribution is 5.85. The van der Waals surface area contributed by atoms with E-state index in [2.05, 4.69) is 12.2 Å². The van der Waals surface area contributed by atoms with Crippen LogP contribution in [0.25, 0.3) is 0 Å². The quantitative estimate of drug-likeness (QED) is 0.725. The molecule has 0 unspecified atom stereocenters. The maximum absolute atomic E-state index is 11.8. The first-order valence-corrected chi connectivity index (χ1v) is 6.51. The fourth-order valence-corrected chi connectivity index (χ4v) is 2.32. The van der Waals surface area contributed by atoms with E-state index >= 15 is 0 Å². The summed E-state index contributed by atoms with van der Waals surface area (Å²) in [6, 6.07) is 0.258. The van der Waals surface area contributed by atoms with Crippen molar-refractivity contribution in [2.45, 2.75) is 70.9 Å². The Balaban J connectivity index is 2.44. The Bertz CT molecular complexity index is 225. The number of carbonyl (C=O) groups excluding carboxylic acids is 1. The molecule has 0 radical (unpaired) electrons. The third-order valence-corrected chi connectivity index (χ3v) is 3.55. The number of hydrogen-bond acceptors (Lipinski definition) is 2. The summed E-state index contributed by atoms with van der Waals surface area (Å²) < 4.78 is 0. The van der Waals surface area contributed by atoms with Crippen molar-refractivity contribution >= 4 is 5.91 Å². The Labute approximate surface area is 99.2 Å². The van der Waals surface area contributed by atoms with Gasteiger partial charge in [0.1, 0.15) is 0 Å². The van der Waals surface area contributed by atoms with E-state index in [0.717, 1.165) is 0 Å². The zero-order valence-corrected chi connectivity index (χ0v) is 10.9. The molecular formula is C13H26N2O. The predicted molar refractivity (Wildman–Crippen MR) is 67.1 cm³/mol. The molecule has 3 heteroatoms. The van der Waals surface area contributed by atoms with Gasteiger partial charge in [0.2, 0.25) is 5.91 Å². The van der Waals surface area contributed by atoms with Crippen molar-refractivity contribution in [2.75, 3.05) is 0 Å². The minimum Gasteiger partial charge on any atom is -0.352 e. The van der Waals surface area contributed by atoms with Crippen LogP contribution in [-0.2, 0) is 4.79 Å². The third kappa shape index (κ3) is 4.12. The van der Waals surface area contributed by atoms with Crippen molar-refractivity contribution in [1.82, 2.24) is 5.32 Å². The molecule has 1 saturated carbocycles. The average Bonchev–Trinajstić information content (AvgIpc) is 2.43. The summed E-state index contributed by atoms with van der Waals surface area (Å²) in [5.74, 6) is 0.595. The fourth-order valence-electron chi connectivity index (χ4n) is 2.32. The molecule has 0 aromatic rings. The molecule has 0 aromatic heterocycles. The van der Waals surface area contributed by atoms with E-state index in [1.54, 1.807) is 13.8 Å². The van der Waals surface area contributed by atoms with Crippen LogP contribution >= 0.6 is 0 Å². The van der Waals surface area contributed by atoms with Crippen LogP contribution in [0.15, 0.2) is 0 Å². The van der Waals surface area contributed by atoms with Crippen LogP contribution in [0.1, 0.15) is 59.3 Å². The van der Waals surface area contributed by atoms with Gasteiger partial charge in [-0.05, 0) is 39.5 Å². The van der Waals surface area contributed by atoms with Gasteiger partial charge in [-0.3, -0.25) is 4.79 Å². The van der Waals surface area contributed by atoms with Crippen molar-refractivity contribution in [3.63, 3.8) is 0 Å². The Morgan fingerprint density at radius 1 is 1.25 bits per heavy atom. The number of amides is 1. The van der Waals surface area contributed by atoms with Crippen molar-refractivity contribution < 1.29 is 4.79 Å². The molecule has 0 heterocycles. The van der Waals surface area contributed by atoms with Gasteiger partial charge in [0.25, 0.3) is 0 Å². The number of hydrogen-bond donors (Lipinski definition) is 2. The van der Waals surface area contributed by atoms with Crippen molar-refractivity contribution in [3.8, 4) is 0 Å². The van der Waals surface area contributed by atoms with Gasteiger partial charge in [-0.25, -0.2) is 0 Å². The van der Waals surface area contributed by atoms with E-state index < -0.39 is 5.54 Å². The van der Waals surface area contributed by atoms with Crippen molar-refractivity contribution in [2.24, 2.45) is 11.7 Å². The maximum Gasteiger partial charge on any atom is 0.239 e. The summed E-state index contributed by atoms with van der Waals surface area (Å²) in [6.07, 6.45) is 7.78. The molecule has 1 rings (SSSR count). The Kier molecular flexibility index (Phi) is 4.78. The first-order valence-electron chi connectivity index (χ1n) is 6.51. The van der Waals surface area contributed by atoms with Crippen LogP contribution in [0, 0.1) is 5.92 Å².